The van der Waals surface area contributed by atoms with E-state index in [-0.39, 0.29) is 0 Å². The zero-order valence-electron chi connectivity index (χ0n) is 11.7. The van der Waals surface area contributed by atoms with Gasteiger partial charge in [-0.3, -0.25) is 0 Å². The van der Waals surface area contributed by atoms with Crippen molar-refractivity contribution in [2.75, 3.05) is 26.7 Å². The van der Waals surface area contributed by atoms with Gasteiger partial charge in [-0.05, 0) is 51.2 Å². The first-order valence-electron chi connectivity index (χ1n) is 6.89. The lowest BCUT2D eigenvalue weighted by Gasteiger charge is -2.26. The summed E-state index contributed by atoms with van der Waals surface area (Å²) in [5, 5.41) is 3.57. The predicted molar refractivity (Wildman–Crippen MR) is 71.8 cm³/mol. The van der Waals surface area contributed by atoms with Gasteiger partial charge in [0.25, 0.3) is 0 Å². The van der Waals surface area contributed by atoms with Gasteiger partial charge in [0.2, 0.25) is 0 Å². The second-order valence-electron chi connectivity index (χ2n) is 6.59. The standard InChI is InChI=1S/C14H30N2/c1-14(2,3)12-16(4)11-7-5-6-10-15-13-8-9-13/h13,15H,5-12H2,1-4H3. The molecule has 0 radical (unpaired) electrons. The van der Waals surface area contributed by atoms with E-state index in [0.29, 0.717) is 5.41 Å². The number of unbranched alkanes of at least 4 members (excludes halogenated alkanes) is 2. The molecule has 2 heteroatoms. The number of hydrogen-bond donors (Lipinski definition) is 1. The normalized spacial score (nSPS) is 17.1. The number of nitrogens with zero attached hydrogens (tertiary/aromatic N) is 1. The van der Waals surface area contributed by atoms with Crippen LogP contribution in [0.25, 0.3) is 0 Å². The largest absolute Gasteiger partial charge is 0.314 e. The van der Waals surface area contributed by atoms with Gasteiger partial charge in [-0.25, -0.2) is 0 Å². The van der Waals surface area contributed by atoms with Gasteiger partial charge in [-0.15, -0.1) is 0 Å². The van der Waals surface area contributed by atoms with Crippen LogP contribution in [0, 0.1) is 5.41 Å². The van der Waals surface area contributed by atoms with Crippen LogP contribution in [0.2, 0.25) is 0 Å². The lowest BCUT2D eigenvalue weighted by atomic mass is 9.96. The molecule has 1 aliphatic carbocycles. The molecule has 0 aromatic carbocycles. The van der Waals surface area contributed by atoms with Crippen LogP contribution in [-0.2, 0) is 0 Å². The minimum atomic E-state index is 0.433. The smallest absolute Gasteiger partial charge is 0.00682 e. The molecule has 0 bridgehead atoms. The Bertz CT molecular complexity index is 180. The predicted octanol–water partition coefficient (Wildman–Crippen LogP) is 2.89. The van der Waals surface area contributed by atoms with Gasteiger partial charge >= 0.3 is 0 Å². The quantitative estimate of drug-likeness (QED) is 0.640. The fraction of sp³-hybridized carbons (Fsp3) is 1.00. The molecule has 0 atom stereocenters. The molecule has 0 unspecified atom stereocenters. The van der Waals surface area contributed by atoms with E-state index in [1.165, 1.54) is 51.7 Å². The monoisotopic (exact) mass is 226 g/mol. The topological polar surface area (TPSA) is 15.3 Å². The van der Waals surface area contributed by atoms with Crippen molar-refractivity contribution in [3.8, 4) is 0 Å². The van der Waals surface area contributed by atoms with Crippen LogP contribution < -0.4 is 5.32 Å². The first-order valence-corrected chi connectivity index (χ1v) is 6.89. The lowest BCUT2D eigenvalue weighted by Crippen LogP contribution is -2.30. The Labute approximate surface area is 102 Å². The molecule has 0 spiro atoms. The summed E-state index contributed by atoms with van der Waals surface area (Å²) < 4.78 is 0. The van der Waals surface area contributed by atoms with Crippen LogP contribution in [-0.4, -0.2) is 37.6 Å². The molecular weight excluding hydrogens is 196 g/mol. The second-order valence-corrected chi connectivity index (χ2v) is 6.59. The minimum Gasteiger partial charge on any atom is -0.314 e. The molecular formula is C14H30N2. The van der Waals surface area contributed by atoms with Crippen LogP contribution in [0.4, 0.5) is 0 Å². The number of rotatable bonds is 8. The van der Waals surface area contributed by atoms with E-state index in [9.17, 15) is 0 Å². The molecule has 1 aliphatic rings. The maximum atomic E-state index is 3.57. The average molecular weight is 226 g/mol. The summed E-state index contributed by atoms with van der Waals surface area (Å²) >= 11 is 0. The van der Waals surface area contributed by atoms with Gasteiger partial charge in [0.05, 0.1) is 0 Å². The van der Waals surface area contributed by atoms with Crippen LogP contribution in [0.1, 0.15) is 52.9 Å². The molecule has 96 valence electrons. The third-order valence-electron chi connectivity index (χ3n) is 2.97. The lowest BCUT2D eigenvalue weighted by molar-refractivity contribution is 0.223. The Balaban J connectivity index is 1.85. The molecule has 16 heavy (non-hydrogen) atoms. The maximum absolute atomic E-state index is 3.57. The first-order chi connectivity index (χ1) is 7.47. The molecule has 0 heterocycles. The Kier molecular flexibility index (Phi) is 5.77. The summed E-state index contributed by atoms with van der Waals surface area (Å²) in [4.78, 5) is 2.47. The molecule has 0 aromatic rings. The molecule has 0 amide bonds. The molecule has 1 N–H and O–H groups in total. The summed E-state index contributed by atoms with van der Waals surface area (Å²) in [6.07, 6.45) is 6.88. The van der Waals surface area contributed by atoms with E-state index >= 15 is 0 Å². The minimum absolute atomic E-state index is 0.433. The van der Waals surface area contributed by atoms with Gasteiger partial charge in [0, 0.05) is 12.6 Å². The van der Waals surface area contributed by atoms with Gasteiger partial charge in [-0.1, -0.05) is 27.2 Å². The molecule has 1 rings (SSSR count). The van der Waals surface area contributed by atoms with Crippen molar-refractivity contribution in [2.45, 2.75) is 58.9 Å². The van der Waals surface area contributed by atoms with E-state index in [2.05, 4.69) is 38.0 Å². The number of hydrogen-bond acceptors (Lipinski definition) is 2. The highest BCUT2D eigenvalue weighted by Crippen LogP contribution is 2.18. The SMILES string of the molecule is CN(CCCCCNC1CC1)CC(C)(C)C. The van der Waals surface area contributed by atoms with Crippen molar-refractivity contribution in [1.82, 2.24) is 10.2 Å². The zero-order chi connectivity index (χ0) is 12.0. The van der Waals surface area contributed by atoms with Crippen molar-refractivity contribution in [3.63, 3.8) is 0 Å². The van der Waals surface area contributed by atoms with Gasteiger partial charge in [-0.2, -0.15) is 0 Å². The van der Waals surface area contributed by atoms with Crippen molar-refractivity contribution in [1.29, 1.82) is 0 Å². The van der Waals surface area contributed by atoms with E-state index < -0.39 is 0 Å². The Morgan fingerprint density at radius 3 is 2.38 bits per heavy atom. The van der Waals surface area contributed by atoms with Crippen LogP contribution in [0.3, 0.4) is 0 Å². The Morgan fingerprint density at radius 1 is 1.12 bits per heavy atom. The molecule has 1 saturated carbocycles. The summed E-state index contributed by atoms with van der Waals surface area (Å²) in [5.74, 6) is 0. The second kappa shape index (κ2) is 6.61. The zero-order valence-corrected chi connectivity index (χ0v) is 11.7. The van der Waals surface area contributed by atoms with Gasteiger partial charge in [0.1, 0.15) is 0 Å². The van der Waals surface area contributed by atoms with Crippen molar-refractivity contribution in [2.24, 2.45) is 5.41 Å². The Hall–Kier alpha value is -0.0800. The molecule has 2 nitrogen and oxygen atoms in total. The molecule has 1 fully saturated rings. The highest BCUT2D eigenvalue weighted by molar-refractivity contribution is 4.80. The van der Waals surface area contributed by atoms with Crippen LogP contribution >= 0.6 is 0 Å². The fourth-order valence-electron chi connectivity index (χ4n) is 2.17. The summed E-state index contributed by atoms with van der Waals surface area (Å²) in [6, 6.07) is 0.878. The molecule has 0 aromatic heterocycles. The van der Waals surface area contributed by atoms with Gasteiger partial charge in [0.15, 0.2) is 0 Å². The van der Waals surface area contributed by atoms with E-state index in [1.54, 1.807) is 0 Å². The fourth-order valence-corrected chi connectivity index (χ4v) is 2.17. The summed E-state index contributed by atoms with van der Waals surface area (Å²) in [7, 11) is 2.24. The maximum Gasteiger partial charge on any atom is 0.00682 e. The molecule has 0 saturated heterocycles. The van der Waals surface area contributed by atoms with Crippen molar-refractivity contribution in [3.05, 3.63) is 0 Å². The third-order valence-corrected chi connectivity index (χ3v) is 2.97. The highest BCUT2D eigenvalue weighted by Gasteiger charge is 2.19. The van der Waals surface area contributed by atoms with Crippen molar-refractivity contribution >= 4 is 0 Å². The third kappa shape index (κ3) is 8.12. The van der Waals surface area contributed by atoms with E-state index in [1.807, 2.05) is 0 Å². The first kappa shape index (κ1) is 14.0. The number of nitrogens with one attached hydrogen (secondary N) is 1. The summed E-state index contributed by atoms with van der Waals surface area (Å²) in [6.45, 7) is 10.6. The molecule has 0 aliphatic heterocycles. The van der Waals surface area contributed by atoms with Crippen LogP contribution in [0.15, 0.2) is 0 Å². The van der Waals surface area contributed by atoms with Crippen LogP contribution in [0.5, 0.6) is 0 Å². The van der Waals surface area contributed by atoms with E-state index in [4.69, 9.17) is 0 Å². The Morgan fingerprint density at radius 2 is 1.81 bits per heavy atom. The van der Waals surface area contributed by atoms with Gasteiger partial charge < -0.3 is 10.2 Å². The average Bonchev–Trinajstić information content (AvgIpc) is 2.91. The van der Waals surface area contributed by atoms with E-state index in [0.717, 1.165) is 6.04 Å². The summed E-state index contributed by atoms with van der Waals surface area (Å²) in [5.41, 5.74) is 0.433. The van der Waals surface area contributed by atoms with Crippen molar-refractivity contribution < 1.29 is 0 Å². The highest BCUT2D eigenvalue weighted by atomic mass is 15.1.